The fourth-order valence-electron chi connectivity index (χ4n) is 3.42. The first-order valence-corrected chi connectivity index (χ1v) is 14.2. The van der Waals surface area contributed by atoms with E-state index >= 15 is 0 Å². The van der Waals surface area contributed by atoms with Crippen LogP contribution >= 0.6 is 34.8 Å². The van der Waals surface area contributed by atoms with E-state index in [9.17, 15) is 18.0 Å². The van der Waals surface area contributed by atoms with E-state index in [2.05, 4.69) is 15.8 Å². The summed E-state index contributed by atoms with van der Waals surface area (Å²) in [7, 11) is -3.94. The van der Waals surface area contributed by atoms with Gasteiger partial charge in [0.15, 0.2) is 0 Å². The molecule has 0 unspecified atom stereocenters. The third kappa shape index (κ3) is 7.93. The van der Waals surface area contributed by atoms with Crippen LogP contribution in [0.5, 0.6) is 0 Å². The molecule has 0 aliphatic heterocycles. The quantitative estimate of drug-likeness (QED) is 0.141. The molecule has 0 aliphatic rings. The first-order valence-electron chi connectivity index (χ1n) is 11.6. The number of furan rings is 1. The number of nitrogens with zero attached hydrogens (tertiary/aromatic N) is 2. The summed E-state index contributed by atoms with van der Waals surface area (Å²) in [4.78, 5) is 24.1. The lowest BCUT2D eigenvalue weighted by atomic mass is 10.2. The first-order chi connectivity index (χ1) is 19.1. The Morgan fingerprint density at radius 2 is 1.35 bits per heavy atom. The zero-order valence-corrected chi connectivity index (χ0v) is 23.6. The average Bonchev–Trinajstić information content (AvgIpc) is 3.38. The molecule has 0 saturated carbocycles. The maximum absolute atomic E-state index is 13.5. The smallest absolute Gasteiger partial charge is 0.329 e. The predicted molar refractivity (Wildman–Crippen MR) is 154 cm³/mol. The molecule has 4 rings (SSSR count). The third-order valence-corrected chi connectivity index (χ3v) is 7.97. The van der Waals surface area contributed by atoms with Crippen LogP contribution in [0.3, 0.4) is 0 Å². The number of carbonyl (C=O) groups is 2. The number of hydrogen-bond acceptors (Lipinski definition) is 6. The standard InChI is InChI=1S/C27H21Cl3N4O5S/c28-19-3-1-18(2-4-19)16-34(40(37,38)25-13-7-21(30)8-14-25)17-24-12-11-23(39-24)15-31-33-27(36)26(35)32-22-9-5-20(29)6-10-22/h1-15H,16-17H2,(H,32,35)(H,33,36)/b31-15+. The lowest BCUT2D eigenvalue weighted by molar-refractivity contribution is -0.136. The topological polar surface area (TPSA) is 121 Å². The molecule has 9 nitrogen and oxygen atoms in total. The van der Waals surface area contributed by atoms with Crippen LogP contribution < -0.4 is 10.7 Å². The zero-order chi connectivity index (χ0) is 28.7. The number of hydrazone groups is 1. The van der Waals surface area contributed by atoms with E-state index in [1.54, 1.807) is 60.7 Å². The minimum Gasteiger partial charge on any atom is -0.459 e. The number of hydrogen-bond donors (Lipinski definition) is 2. The lowest BCUT2D eigenvalue weighted by Crippen LogP contribution is -2.32. The Morgan fingerprint density at radius 3 is 1.98 bits per heavy atom. The van der Waals surface area contributed by atoms with Gasteiger partial charge in [-0.3, -0.25) is 9.59 Å². The average molecular weight is 620 g/mol. The van der Waals surface area contributed by atoms with E-state index in [0.717, 1.165) is 5.56 Å². The van der Waals surface area contributed by atoms with Crippen molar-refractivity contribution in [2.45, 2.75) is 18.0 Å². The highest BCUT2D eigenvalue weighted by molar-refractivity contribution is 7.89. The fraction of sp³-hybridized carbons (Fsp3) is 0.0741. The monoisotopic (exact) mass is 618 g/mol. The van der Waals surface area contributed by atoms with Crippen molar-refractivity contribution in [2.24, 2.45) is 5.10 Å². The van der Waals surface area contributed by atoms with Gasteiger partial charge in [0.2, 0.25) is 10.0 Å². The molecular formula is C27H21Cl3N4O5S. The molecule has 0 bridgehead atoms. The molecule has 1 aromatic heterocycles. The van der Waals surface area contributed by atoms with Gasteiger partial charge in [0, 0.05) is 27.3 Å². The number of amides is 2. The van der Waals surface area contributed by atoms with Gasteiger partial charge in [-0.05, 0) is 78.4 Å². The van der Waals surface area contributed by atoms with Gasteiger partial charge in [-0.1, -0.05) is 46.9 Å². The normalized spacial score (nSPS) is 11.6. The molecule has 0 saturated heterocycles. The Balaban J connectivity index is 1.44. The van der Waals surface area contributed by atoms with Crippen LogP contribution in [-0.2, 0) is 32.7 Å². The Morgan fingerprint density at radius 1 is 0.775 bits per heavy atom. The van der Waals surface area contributed by atoms with Gasteiger partial charge in [0.1, 0.15) is 11.5 Å². The molecule has 206 valence electrons. The lowest BCUT2D eigenvalue weighted by Gasteiger charge is -2.21. The van der Waals surface area contributed by atoms with Gasteiger partial charge in [-0.15, -0.1) is 0 Å². The zero-order valence-electron chi connectivity index (χ0n) is 20.6. The van der Waals surface area contributed by atoms with Gasteiger partial charge in [-0.2, -0.15) is 9.41 Å². The molecule has 13 heteroatoms. The molecule has 2 amide bonds. The second kappa shape index (κ2) is 13.1. The molecule has 2 N–H and O–H groups in total. The van der Waals surface area contributed by atoms with E-state index < -0.39 is 21.8 Å². The number of rotatable bonds is 9. The molecule has 0 aliphatic carbocycles. The van der Waals surface area contributed by atoms with Crippen molar-refractivity contribution in [3.63, 3.8) is 0 Å². The second-order valence-corrected chi connectivity index (χ2v) is 11.6. The van der Waals surface area contributed by atoms with Crippen molar-refractivity contribution >= 4 is 68.5 Å². The Labute approximate surface area is 245 Å². The summed E-state index contributed by atoms with van der Waals surface area (Å²) in [6.07, 6.45) is 1.19. The summed E-state index contributed by atoms with van der Waals surface area (Å²) < 4.78 is 33.9. The maximum Gasteiger partial charge on any atom is 0.329 e. The summed E-state index contributed by atoms with van der Waals surface area (Å²) in [6.45, 7) is -0.0533. The number of benzene rings is 3. The van der Waals surface area contributed by atoms with Crippen LogP contribution in [0.1, 0.15) is 17.1 Å². The summed E-state index contributed by atoms with van der Waals surface area (Å²) in [5.74, 6) is -1.38. The number of nitrogens with one attached hydrogen (secondary N) is 2. The Hall–Kier alpha value is -3.67. The van der Waals surface area contributed by atoms with E-state index in [1.807, 2.05) is 0 Å². The van der Waals surface area contributed by atoms with Crippen molar-refractivity contribution in [3.05, 3.63) is 117 Å². The Kier molecular flexibility index (Phi) is 9.62. The summed E-state index contributed by atoms with van der Waals surface area (Å²) in [5.41, 5.74) is 3.21. The maximum atomic E-state index is 13.5. The summed E-state index contributed by atoms with van der Waals surface area (Å²) in [6, 6.07) is 22.0. The highest BCUT2D eigenvalue weighted by Crippen LogP contribution is 2.24. The van der Waals surface area contributed by atoms with Crippen molar-refractivity contribution < 1.29 is 22.4 Å². The molecule has 0 fully saturated rings. The molecule has 3 aromatic carbocycles. The van der Waals surface area contributed by atoms with Crippen molar-refractivity contribution in [2.75, 3.05) is 5.32 Å². The second-order valence-electron chi connectivity index (χ2n) is 8.32. The van der Waals surface area contributed by atoms with E-state index in [0.29, 0.717) is 26.5 Å². The van der Waals surface area contributed by atoms with E-state index in [1.165, 1.54) is 34.8 Å². The third-order valence-electron chi connectivity index (χ3n) is 5.40. The van der Waals surface area contributed by atoms with Gasteiger partial charge in [0.05, 0.1) is 17.7 Å². The van der Waals surface area contributed by atoms with Crippen LogP contribution in [0, 0.1) is 0 Å². The van der Waals surface area contributed by atoms with Crippen molar-refractivity contribution in [1.29, 1.82) is 0 Å². The summed E-state index contributed by atoms with van der Waals surface area (Å²) in [5, 5.41) is 7.57. The van der Waals surface area contributed by atoms with Crippen LogP contribution in [0.2, 0.25) is 15.1 Å². The number of sulfonamides is 1. The van der Waals surface area contributed by atoms with Crippen LogP contribution in [0.4, 0.5) is 5.69 Å². The summed E-state index contributed by atoms with van der Waals surface area (Å²) >= 11 is 17.7. The molecule has 4 aromatic rings. The number of anilines is 1. The van der Waals surface area contributed by atoms with Crippen LogP contribution in [-0.4, -0.2) is 30.8 Å². The first kappa shape index (κ1) is 29.3. The van der Waals surface area contributed by atoms with Crippen LogP contribution in [0.25, 0.3) is 0 Å². The highest BCUT2D eigenvalue weighted by Gasteiger charge is 2.26. The van der Waals surface area contributed by atoms with E-state index in [4.69, 9.17) is 39.2 Å². The molecule has 0 spiro atoms. The predicted octanol–water partition coefficient (Wildman–Crippen LogP) is 5.72. The molecule has 40 heavy (non-hydrogen) atoms. The largest absolute Gasteiger partial charge is 0.459 e. The number of halogens is 3. The van der Waals surface area contributed by atoms with Gasteiger partial charge in [-0.25, -0.2) is 13.8 Å². The van der Waals surface area contributed by atoms with Crippen molar-refractivity contribution in [3.8, 4) is 0 Å². The Bertz CT molecular complexity index is 1620. The van der Waals surface area contributed by atoms with Gasteiger partial charge in [0.25, 0.3) is 0 Å². The highest BCUT2D eigenvalue weighted by atomic mass is 35.5. The van der Waals surface area contributed by atoms with Gasteiger partial charge < -0.3 is 9.73 Å². The van der Waals surface area contributed by atoms with Gasteiger partial charge >= 0.3 is 11.8 Å². The molecule has 0 radical (unpaired) electrons. The van der Waals surface area contributed by atoms with Crippen LogP contribution in [0.15, 0.2) is 99.3 Å². The number of carbonyl (C=O) groups excluding carboxylic acids is 2. The minimum atomic E-state index is -3.94. The molecule has 1 heterocycles. The van der Waals surface area contributed by atoms with E-state index in [-0.39, 0.29) is 23.7 Å². The minimum absolute atomic E-state index is 0.0467. The SMILES string of the molecule is O=C(N/N=C/c1ccc(CN(Cc2ccc(Cl)cc2)S(=O)(=O)c2ccc(Cl)cc2)o1)C(=O)Nc1ccc(Cl)cc1. The molecular weight excluding hydrogens is 599 g/mol. The molecule has 0 atom stereocenters. The van der Waals surface area contributed by atoms with Crippen molar-refractivity contribution in [1.82, 2.24) is 9.73 Å². The fourth-order valence-corrected chi connectivity index (χ4v) is 5.20.